The minimum absolute atomic E-state index is 0.0515. The second-order valence-electron chi connectivity index (χ2n) is 6.22. The number of phenols is 1. The lowest BCUT2D eigenvalue weighted by atomic mass is 10.2. The zero-order valence-electron chi connectivity index (χ0n) is 15.8. The maximum absolute atomic E-state index is 12.3. The van der Waals surface area contributed by atoms with Gasteiger partial charge in [0, 0.05) is 22.9 Å². The van der Waals surface area contributed by atoms with Crippen LogP contribution in [0.5, 0.6) is 17.2 Å². The first kappa shape index (κ1) is 20.4. The van der Waals surface area contributed by atoms with Crippen molar-refractivity contribution in [3.8, 4) is 17.2 Å². The van der Waals surface area contributed by atoms with E-state index >= 15 is 0 Å². The second kappa shape index (κ2) is 9.75. The maximum atomic E-state index is 12.3. The average Bonchev–Trinajstić information content (AvgIpc) is 2.72. The van der Waals surface area contributed by atoms with Gasteiger partial charge in [0.25, 0.3) is 0 Å². The highest BCUT2D eigenvalue weighted by atomic mass is 35.5. The third kappa shape index (κ3) is 5.83. The van der Waals surface area contributed by atoms with Crippen molar-refractivity contribution < 1.29 is 19.4 Å². The number of phenolic OH excluding ortho intramolecular Hbond substituents is 1. The van der Waals surface area contributed by atoms with Crippen LogP contribution in [0, 0.1) is 0 Å². The van der Waals surface area contributed by atoms with Crippen LogP contribution in [0.25, 0.3) is 0 Å². The summed E-state index contributed by atoms with van der Waals surface area (Å²) in [5.41, 5.74) is 1.54. The monoisotopic (exact) mass is 409 g/mol. The van der Waals surface area contributed by atoms with Crippen molar-refractivity contribution in [3.05, 3.63) is 82.9 Å². The molecular formula is C23H20ClNO4. The van der Waals surface area contributed by atoms with E-state index in [2.05, 4.69) is 4.99 Å². The molecule has 0 aliphatic carbocycles. The summed E-state index contributed by atoms with van der Waals surface area (Å²) in [6, 6.07) is 18.4. The number of carbonyl (C=O) groups is 1. The molecule has 0 spiro atoms. The Balaban J connectivity index is 1.66. The first-order chi connectivity index (χ1) is 14.0. The minimum atomic E-state index is -0.521. The molecule has 0 amide bonds. The summed E-state index contributed by atoms with van der Waals surface area (Å²) < 4.78 is 10.8. The molecule has 0 radical (unpaired) electrons. The van der Waals surface area contributed by atoms with Crippen molar-refractivity contribution in [2.75, 3.05) is 6.61 Å². The number of hydrogen-bond acceptors (Lipinski definition) is 5. The molecule has 0 aliphatic rings. The van der Waals surface area contributed by atoms with Gasteiger partial charge in [-0.1, -0.05) is 24.6 Å². The van der Waals surface area contributed by atoms with E-state index in [9.17, 15) is 9.90 Å². The molecule has 0 fully saturated rings. The number of halogens is 1. The second-order valence-corrected chi connectivity index (χ2v) is 6.66. The summed E-state index contributed by atoms with van der Waals surface area (Å²) >= 11 is 5.93. The van der Waals surface area contributed by atoms with Crippen molar-refractivity contribution >= 4 is 29.5 Å². The van der Waals surface area contributed by atoms with Crippen molar-refractivity contribution in [3.63, 3.8) is 0 Å². The van der Waals surface area contributed by atoms with Crippen molar-refractivity contribution in [1.29, 1.82) is 0 Å². The molecule has 6 heteroatoms. The molecule has 0 saturated carbocycles. The number of benzene rings is 3. The van der Waals surface area contributed by atoms with Gasteiger partial charge in [0.05, 0.1) is 17.9 Å². The van der Waals surface area contributed by atoms with Crippen molar-refractivity contribution in [1.82, 2.24) is 0 Å². The van der Waals surface area contributed by atoms with Crippen LogP contribution in [0.2, 0.25) is 5.02 Å². The predicted molar refractivity (Wildman–Crippen MR) is 114 cm³/mol. The standard InChI is InChI=1S/C23H20ClNO4/c1-2-12-28-20-9-6-16(7-10-20)23(27)29-21-11-8-17(22(26)14-21)15-25-19-5-3-4-18(24)13-19/h3-11,13-15,26H,2,12H2,1H3. The van der Waals surface area contributed by atoms with Gasteiger partial charge < -0.3 is 14.6 Å². The molecule has 0 aliphatic heterocycles. The molecule has 0 bridgehead atoms. The third-order valence-electron chi connectivity index (χ3n) is 3.94. The van der Waals surface area contributed by atoms with Gasteiger partial charge in [-0.05, 0) is 61.0 Å². The Kier molecular flexibility index (Phi) is 6.87. The van der Waals surface area contributed by atoms with Crippen molar-refractivity contribution in [2.24, 2.45) is 4.99 Å². The fourth-order valence-electron chi connectivity index (χ4n) is 2.47. The fraction of sp³-hybridized carbons (Fsp3) is 0.130. The van der Waals surface area contributed by atoms with Gasteiger partial charge in [0.15, 0.2) is 0 Å². The van der Waals surface area contributed by atoms with Gasteiger partial charge in [-0.2, -0.15) is 0 Å². The Hall–Kier alpha value is -3.31. The minimum Gasteiger partial charge on any atom is -0.507 e. The Morgan fingerprint density at radius 1 is 1.07 bits per heavy atom. The van der Waals surface area contributed by atoms with E-state index in [0.29, 0.717) is 34.2 Å². The third-order valence-corrected chi connectivity index (χ3v) is 4.17. The largest absolute Gasteiger partial charge is 0.507 e. The molecule has 5 nitrogen and oxygen atoms in total. The summed E-state index contributed by atoms with van der Waals surface area (Å²) in [7, 11) is 0. The Bertz CT molecular complexity index is 1020. The van der Waals surface area contributed by atoms with E-state index in [-0.39, 0.29) is 11.5 Å². The van der Waals surface area contributed by atoms with Gasteiger partial charge in [0.1, 0.15) is 17.2 Å². The number of ether oxygens (including phenoxy) is 2. The van der Waals surface area contributed by atoms with Crippen LogP contribution in [-0.2, 0) is 0 Å². The molecule has 0 heterocycles. The van der Waals surface area contributed by atoms with Gasteiger partial charge in [-0.25, -0.2) is 4.79 Å². The van der Waals surface area contributed by atoms with Gasteiger partial charge in [-0.3, -0.25) is 4.99 Å². The summed E-state index contributed by atoms with van der Waals surface area (Å²) in [5.74, 6) is 0.360. The van der Waals surface area contributed by atoms with E-state index in [1.807, 2.05) is 6.92 Å². The molecular weight excluding hydrogens is 390 g/mol. The van der Waals surface area contributed by atoms with E-state index in [0.717, 1.165) is 6.42 Å². The number of rotatable bonds is 7. The number of carbonyl (C=O) groups excluding carboxylic acids is 1. The SMILES string of the molecule is CCCOc1ccc(C(=O)Oc2ccc(C=Nc3cccc(Cl)c3)c(O)c2)cc1. The Morgan fingerprint density at radius 3 is 2.52 bits per heavy atom. The molecule has 0 atom stereocenters. The Labute approximate surface area is 174 Å². The van der Waals surface area contributed by atoms with Gasteiger partial charge in [-0.15, -0.1) is 0 Å². The van der Waals surface area contributed by atoms with Crippen LogP contribution in [0.15, 0.2) is 71.7 Å². The lowest BCUT2D eigenvalue weighted by Gasteiger charge is -2.08. The molecule has 0 unspecified atom stereocenters. The van der Waals surface area contributed by atoms with Crippen LogP contribution in [0.1, 0.15) is 29.3 Å². The summed E-state index contributed by atoms with van der Waals surface area (Å²) in [4.78, 5) is 16.6. The molecule has 1 N–H and O–H groups in total. The topological polar surface area (TPSA) is 68.1 Å². The summed E-state index contributed by atoms with van der Waals surface area (Å²) in [6.07, 6.45) is 2.43. The smallest absolute Gasteiger partial charge is 0.343 e. The van der Waals surface area contributed by atoms with Gasteiger partial charge >= 0.3 is 5.97 Å². The van der Waals surface area contributed by atoms with Crippen LogP contribution >= 0.6 is 11.6 Å². The quantitative estimate of drug-likeness (QED) is 0.304. The van der Waals surface area contributed by atoms with Gasteiger partial charge in [0.2, 0.25) is 0 Å². The number of hydrogen-bond donors (Lipinski definition) is 1. The number of nitrogens with zero attached hydrogens (tertiary/aromatic N) is 1. The fourth-order valence-corrected chi connectivity index (χ4v) is 2.65. The molecule has 3 aromatic rings. The number of aliphatic imine (C=N–C) groups is 1. The first-order valence-corrected chi connectivity index (χ1v) is 9.50. The first-order valence-electron chi connectivity index (χ1n) is 9.13. The number of aromatic hydroxyl groups is 1. The molecule has 29 heavy (non-hydrogen) atoms. The van der Waals surface area contributed by atoms with Crippen molar-refractivity contribution in [2.45, 2.75) is 13.3 Å². The normalized spacial score (nSPS) is 10.8. The molecule has 0 saturated heterocycles. The van der Waals surface area contributed by atoms with E-state index < -0.39 is 5.97 Å². The predicted octanol–water partition coefficient (Wildman–Crippen LogP) is 5.80. The zero-order valence-corrected chi connectivity index (χ0v) is 16.6. The molecule has 148 valence electrons. The highest BCUT2D eigenvalue weighted by Gasteiger charge is 2.10. The highest BCUT2D eigenvalue weighted by molar-refractivity contribution is 6.30. The summed E-state index contributed by atoms with van der Waals surface area (Å²) in [6.45, 7) is 2.64. The average molecular weight is 410 g/mol. The molecule has 3 aromatic carbocycles. The molecule has 3 rings (SSSR count). The van der Waals surface area contributed by atoms with Crippen LogP contribution in [-0.4, -0.2) is 23.9 Å². The van der Waals surface area contributed by atoms with E-state index in [4.69, 9.17) is 21.1 Å². The lowest BCUT2D eigenvalue weighted by molar-refractivity contribution is 0.0734. The number of esters is 1. The van der Waals surface area contributed by atoms with Crippen LogP contribution in [0.3, 0.4) is 0 Å². The van der Waals surface area contributed by atoms with Crippen LogP contribution < -0.4 is 9.47 Å². The van der Waals surface area contributed by atoms with E-state index in [1.54, 1.807) is 60.7 Å². The van der Waals surface area contributed by atoms with E-state index in [1.165, 1.54) is 12.3 Å². The maximum Gasteiger partial charge on any atom is 0.343 e. The van der Waals surface area contributed by atoms with Crippen LogP contribution in [0.4, 0.5) is 5.69 Å². The molecule has 0 aromatic heterocycles. The lowest BCUT2D eigenvalue weighted by Crippen LogP contribution is -2.08. The highest BCUT2D eigenvalue weighted by Crippen LogP contribution is 2.25. The Morgan fingerprint density at radius 2 is 1.83 bits per heavy atom. The summed E-state index contributed by atoms with van der Waals surface area (Å²) in [5, 5.41) is 10.8. The zero-order chi connectivity index (χ0) is 20.6.